The molecule has 0 aliphatic carbocycles. The van der Waals surface area contributed by atoms with Crippen LogP contribution in [0.2, 0.25) is 10.1 Å². The molecule has 0 saturated carbocycles. The summed E-state index contributed by atoms with van der Waals surface area (Å²) in [7, 11) is -11.5. The van der Waals surface area contributed by atoms with Crippen molar-refractivity contribution in [2.45, 2.75) is 192 Å². The van der Waals surface area contributed by atoms with Crippen molar-refractivity contribution in [2.24, 2.45) is 11.8 Å². The molecule has 5 amide bonds. The summed E-state index contributed by atoms with van der Waals surface area (Å²) in [6.45, 7) is 12.0. The number of Topliss-reactive ketones (excluding diaryl/α,β-unsaturated/α-hetero) is 2. The van der Waals surface area contributed by atoms with E-state index in [0.717, 1.165) is 4.68 Å². The molecule has 1 aromatic carbocycles. The summed E-state index contributed by atoms with van der Waals surface area (Å²) in [5, 5.41) is 85.8. The van der Waals surface area contributed by atoms with Crippen LogP contribution < -0.4 is 31.8 Å². The molecule has 2 heterocycles. The van der Waals surface area contributed by atoms with Gasteiger partial charge in [-0.25, -0.2) is 14.3 Å². The van der Waals surface area contributed by atoms with E-state index in [0.29, 0.717) is 43.8 Å². The fraction of sp³-hybridized carbons (Fsp3) is 0.676. The van der Waals surface area contributed by atoms with Crippen LogP contribution in [-0.4, -0.2) is 268 Å². The number of benzene rings is 1. The van der Waals surface area contributed by atoms with Crippen molar-refractivity contribution in [2.75, 3.05) is 89.7 Å². The quantitative estimate of drug-likeness (QED) is 0.0194. The minimum absolute atomic E-state index is 0.0286. The van der Waals surface area contributed by atoms with Crippen LogP contribution in [0, 0.1) is 11.8 Å². The number of amides is 5. The van der Waals surface area contributed by atoms with E-state index in [-0.39, 0.29) is 135 Å². The van der Waals surface area contributed by atoms with Crippen LogP contribution in [0.1, 0.15) is 179 Å². The molecule has 2 aromatic rings. The second-order valence-electron chi connectivity index (χ2n) is 29.4. The highest BCUT2D eigenvalue weighted by molar-refractivity contribution is 7.58. The van der Waals surface area contributed by atoms with E-state index in [9.17, 15) is 106 Å². The number of carboxylic acid groups (broad SMARTS) is 7. The van der Waals surface area contributed by atoms with E-state index in [2.05, 4.69) is 36.9 Å². The minimum atomic E-state index is -4.08. The normalized spacial score (nSPS) is 16.1. The van der Waals surface area contributed by atoms with Crippen molar-refractivity contribution in [3.63, 3.8) is 0 Å². The van der Waals surface area contributed by atoms with E-state index in [4.69, 9.17) is 15.3 Å². The highest BCUT2D eigenvalue weighted by atomic mass is 31.2. The Hall–Kier alpha value is -7.82. The van der Waals surface area contributed by atoms with Crippen LogP contribution in [0.15, 0.2) is 30.5 Å². The van der Waals surface area contributed by atoms with E-state index in [1.54, 1.807) is 21.9 Å². The van der Waals surface area contributed by atoms with Crippen LogP contribution in [0.4, 0.5) is 4.11 Å². The lowest BCUT2D eigenvalue weighted by Crippen LogP contribution is -2.57. The number of hydrogen-bond donors (Lipinski definition) is 14. The minimum Gasteiger partial charge on any atom is -0.481 e. The third kappa shape index (κ3) is 36.3. The van der Waals surface area contributed by atoms with Gasteiger partial charge in [0, 0.05) is 134 Å². The van der Waals surface area contributed by atoms with Crippen molar-refractivity contribution >= 4 is 120 Å². The number of carbonyl (C=O) groups excluding carboxylic acids is 7. The fourth-order valence-electron chi connectivity index (χ4n) is 12.4. The monoisotopic (exact) mass is 1620 g/mol. The third-order valence-electron chi connectivity index (χ3n) is 18.4. The predicted octanol–water partition coefficient (Wildman–Crippen LogP) is 3.67. The molecule has 3 rings (SSSR count). The molecular formula is C68H109FN11O25P3Si. The third-order valence-corrected chi connectivity index (χ3v) is 28.4. The molecule has 0 bridgehead atoms. The van der Waals surface area contributed by atoms with Gasteiger partial charge in [0.1, 0.15) is 35.4 Å². The first-order valence-electron chi connectivity index (χ1n) is 36.0. The van der Waals surface area contributed by atoms with Gasteiger partial charge in [-0.3, -0.25) is 81.4 Å². The number of rotatable bonds is 52. The zero-order valence-corrected chi connectivity index (χ0v) is 66.4. The maximum atomic E-state index is 17.2. The molecule has 1 aliphatic heterocycles. The Morgan fingerprint density at radius 2 is 1.04 bits per heavy atom. The molecule has 3 unspecified atom stereocenters. The number of carboxylic acids is 7. The largest absolute Gasteiger partial charge is 0.481 e. The van der Waals surface area contributed by atoms with Crippen LogP contribution in [0.25, 0.3) is 0 Å². The first-order valence-corrected chi connectivity index (χ1v) is 43.4. The van der Waals surface area contributed by atoms with Gasteiger partial charge in [0.15, 0.2) is 0 Å². The van der Waals surface area contributed by atoms with Crippen molar-refractivity contribution in [1.82, 2.24) is 56.3 Å². The highest BCUT2D eigenvalue weighted by Crippen LogP contribution is 2.51. The Balaban J connectivity index is 1.62. The van der Waals surface area contributed by atoms with Gasteiger partial charge in [0.05, 0.1) is 43.6 Å². The first-order chi connectivity index (χ1) is 50.8. The maximum absolute atomic E-state index is 17.2. The molecule has 8 atom stereocenters. The summed E-state index contributed by atoms with van der Waals surface area (Å²) in [6.07, 6.45) is -3.46. The number of aliphatic carboxylic acids is 7. The van der Waals surface area contributed by atoms with Gasteiger partial charge in [0.25, 0.3) is 14.3 Å². The van der Waals surface area contributed by atoms with Gasteiger partial charge >= 0.3 is 41.8 Å². The summed E-state index contributed by atoms with van der Waals surface area (Å²) >= 11 is 0. The molecule has 41 heteroatoms. The zero-order valence-electron chi connectivity index (χ0n) is 62.6. The van der Waals surface area contributed by atoms with Gasteiger partial charge in [-0.1, -0.05) is 65.3 Å². The average molecular weight is 1620 g/mol. The number of aromatic nitrogens is 3. The van der Waals surface area contributed by atoms with Crippen molar-refractivity contribution in [3.05, 3.63) is 41.7 Å². The van der Waals surface area contributed by atoms with Crippen LogP contribution in [0.5, 0.6) is 0 Å². The Morgan fingerprint density at radius 1 is 0.541 bits per heavy atom. The lowest BCUT2D eigenvalue weighted by Gasteiger charge is -2.44. The average Bonchev–Trinajstić information content (AvgIpc) is 0.940. The molecule has 612 valence electrons. The molecule has 1 fully saturated rings. The van der Waals surface area contributed by atoms with Crippen molar-refractivity contribution in [3.8, 4) is 0 Å². The van der Waals surface area contributed by atoms with E-state index >= 15 is 4.11 Å². The standard InChI is InChI=1S/C68H109FN11O25P3Si/c1-67(2,3)109(69,68(4,5)6)51-19-14-45(15-20-51)61(92)72-40-54(80-41-48(75-76-80)39-71-56(84)25-35-107(102,103)43-78-30-28-77(42-106-34-24-59(88)89)29-31-79(33-32-78)44-108(104,105)36-26-60(90)91)62(93)74-53(66(100)101)13-9-10-27-70-55(83)22-18-49(81)11-7-8-12-52(65(98)99)73-57(85)21-16-46(63(94)95)37-50(82)38-47(64(96)97)17-23-58(86)87/h14-15,19-20,41,46-47,52-54,106H,7-13,16-18,21-40,42-44H2,1-6H3,(H,70,83)(H,71,84)(H,72,92)(H,73,85)(H,74,93)(H,86,87)(H,88,89)(H,90,91)(H,94,95)(H,96,97)(H,98,99)(H,100,101)(H,102,103)(H,104,105)/t46-,47-,52+,53+,54+/m1/s1. The summed E-state index contributed by atoms with van der Waals surface area (Å²) < 4.78 is 45.0. The van der Waals surface area contributed by atoms with Gasteiger partial charge < -0.3 is 76.2 Å². The molecule has 1 saturated heterocycles. The highest BCUT2D eigenvalue weighted by Gasteiger charge is 2.56. The van der Waals surface area contributed by atoms with E-state index < -0.39 is 204 Å². The fourth-order valence-corrected chi connectivity index (χ4v) is 21.4. The van der Waals surface area contributed by atoms with Crippen molar-refractivity contribution in [1.29, 1.82) is 0 Å². The second-order valence-corrected chi connectivity index (χ2v) is 40.4. The number of carbonyl (C=O) groups is 14. The maximum Gasteiger partial charge on any atom is 0.326 e. The lowest BCUT2D eigenvalue weighted by molar-refractivity contribution is -0.146. The summed E-state index contributed by atoms with van der Waals surface area (Å²) in [6, 6.07) is 1.62. The van der Waals surface area contributed by atoms with Gasteiger partial charge in [0.2, 0.25) is 38.4 Å². The second kappa shape index (κ2) is 46.1. The van der Waals surface area contributed by atoms with Gasteiger partial charge in [-0.15, -0.1) is 13.7 Å². The van der Waals surface area contributed by atoms with Crippen LogP contribution in [-0.2, 0) is 78.0 Å². The molecule has 1 aromatic heterocycles. The zero-order chi connectivity index (χ0) is 82.0. The van der Waals surface area contributed by atoms with Crippen LogP contribution in [0.3, 0.4) is 0 Å². The number of nitrogens with one attached hydrogen (secondary N) is 5. The Labute approximate surface area is 634 Å². The Morgan fingerprint density at radius 3 is 1.55 bits per heavy atom. The molecule has 36 nitrogen and oxygen atoms in total. The smallest absolute Gasteiger partial charge is 0.326 e. The summed E-state index contributed by atoms with van der Waals surface area (Å²) in [5.41, 5.74) is 0.181. The van der Waals surface area contributed by atoms with Crippen LogP contribution >= 0.6 is 23.3 Å². The predicted molar refractivity (Wildman–Crippen MR) is 398 cm³/mol. The van der Waals surface area contributed by atoms with Gasteiger partial charge in [-0.2, -0.15) is 0 Å². The molecular weight excluding hydrogens is 1510 g/mol. The Kier molecular flexibility index (Phi) is 40.4. The van der Waals surface area contributed by atoms with E-state index in [1.165, 1.54) is 18.3 Å². The number of halogens is 1. The molecule has 0 spiro atoms. The van der Waals surface area contributed by atoms with Gasteiger partial charge in [-0.05, 0) is 78.5 Å². The number of unbranched alkanes of at least 4 members (excludes halogenated alkanes) is 2. The molecule has 14 N–H and O–H groups in total. The summed E-state index contributed by atoms with van der Waals surface area (Å²) in [4.78, 5) is 200. The molecule has 109 heavy (non-hydrogen) atoms. The van der Waals surface area contributed by atoms with Crippen molar-refractivity contribution < 1.29 is 126 Å². The number of hydrogen-bond acceptors (Lipinski definition) is 21. The molecule has 0 radical (unpaired) electrons. The van der Waals surface area contributed by atoms with E-state index in [1.807, 2.05) is 46.4 Å². The number of nitrogens with zero attached hydrogens (tertiary/aromatic N) is 6. The SMILES string of the molecule is CC(C)(C)[Si](F)(c1ccc(C(=O)NC[C@@H](C(=O)N[C@@H](CCCCNC(=O)CCC(=O)CCCC[C@H](NC(=O)CC[C@H](CC(=O)C[C@@H](CCC(=O)O)C(=O)O)C(=O)O)C(=O)O)C(=O)O)n2cc(CNC(=O)CCP(=O)(O)CN3CCN(CPCCC(=O)O)CCN(CP(=O)(O)CCC(=O)O)CC3)nn2)cc1)C(C)(C)C. The molecule has 1 aliphatic rings. The first kappa shape index (κ1) is 95.4. The Bertz CT molecular complexity index is 3550. The lowest BCUT2D eigenvalue weighted by atomic mass is 9.90. The number of ketones is 2. The topological polar surface area (TPSA) is 556 Å². The summed E-state index contributed by atoms with van der Waals surface area (Å²) in [5.74, 6) is -16.7.